The minimum absolute atomic E-state index is 0.131. The summed E-state index contributed by atoms with van der Waals surface area (Å²) in [6, 6.07) is 7.37. The van der Waals surface area contributed by atoms with Crippen molar-refractivity contribution in [3.8, 4) is 6.07 Å². The van der Waals surface area contributed by atoms with Crippen molar-refractivity contribution in [2.75, 3.05) is 57.7 Å². The molecule has 0 saturated carbocycles. The van der Waals surface area contributed by atoms with Gasteiger partial charge in [0, 0.05) is 50.5 Å². The number of hydrogen-bond donors (Lipinski definition) is 3. The highest BCUT2D eigenvalue weighted by atomic mass is 16.2. The highest BCUT2D eigenvalue weighted by molar-refractivity contribution is 5.99. The number of likely N-dealkylation sites (tertiary alicyclic amines) is 1. The highest BCUT2D eigenvalue weighted by Gasteiger charge is 2.26. The standard InChI is InChI=1S/C26H37N7O4/c1-19(2)16-22(25(36)28-9-8-27)30-24(35)20-6-5-7-21(17-20)29-26(37)33-14-12-31(13-15-33)18-23(34)32-10-3-4-11-32/h5-7,17,19,22H,3-4,9-16,18H2,1-2H3,(H,28,36)(H,29,37)(H,30,35). The minimum atomic E-state index is -0.771. The van der Waals surface area contributed by atoms with E-state index in [1.807, 2.05) is 24.8 Å². The summed E-state index contributed by atoms with van der Waals surface area (Å²) in [5, 5.41) is 16.8. The van der Waals surface area contributed by atoms with Gasteiger partial charge in [-0.25, -0.2) is 4.79 Å². The second kappa shape index (κ2) is 13.6. The van der Waals surface area contributed by atoms with Crippen LogP contribution in [0.25, 0.3) is 0 Å². The first-order valence-electron chi connectivity index (χ1n) is 12.9. The van der Waals surface area contributed by atoms with Gasteiger partial charge >= 0.3 is 6.03 Å². The highest BCUT2D eigenvalue weighted by Crippen LogP contribution is 2.14. The van der Waals surface area contributed by atoms with Crippen molar-refractivity contribution in [3.63, 3.8) is 0 Å². The van der Waals surface area contributed by atoms with Crippen LogP contribution in [0, 0.1) is 17.2 Å². The molecule has 37 heavy (non-hydrogen) atoms. The number of nitrogens with one attached hydrogen (secondary N) is 3. The van der Waals surface area contributed by atoms with Crippen LogP contribution in [0.3, 0.4) is 0 Å². The predicted octanol–water partition coefficient (Wildman–Crippen LogP) is 1.24. The summed E-state index contributed by atoms with van der Waals surface area (Å²) in [4.78, 5) is 56.1. The smallest absolute Gasteiger partial charge is 0.321 e. The lowest BCUT2D eigenvalue weighted by Crippen LogP contribution is -2.52. The monoisotopic (exact) mass is 511 g/mol. The van der Waals surface area contributed by atoms with Gasteiger partial charge in [-0.2, -0.15) is 5.26 Å². The molecule has 1 unspecified atom stereocenters. The van der Waals surface area contributed by atoms with Crippen LogP contribution in [-0.4, -0.2) is 96.9 Å². The Morgan fingerprint density at radius 2 is 1.70 bits per heavy atom. The fourth-order valence-electron chi connectivity index (χ4n) is 4.50. The number of carbonyl (C=O) groups is 4. The number of rotatable bonds is 9. The molecule has 1 aromatic rings. The van der Waals surface area contributed by atoms with Crippen molar-refractivity contribution in [3.05, 3.63) is 29.8 Å². The van der Waals surface area contributed by atoms with E-state index < -0.39 is 17.9 Å². The SMILES string of the molecule is CC(C)CC(NC(=O)c1cccc(NC(=O)N2CCN(CC(=O)N3CCCC3)CC2)c1)C(=O)NCC#N. The number of amides is 5. The minimum Gasteiger partial charge on any atom is -0.342 e. The molecule has 0 spiro atoms. The molecule has 200 valence electrons. The number of piperazine rings is 1. The maximum atomic E-state index is 12.9. The molecule has 3 rings (SSSR count). The van der Waals surface area contributed by atoms with Gasteiger partial charge in [0.25, 0.3) is 5.91 Å². The lowest BCUT2D eigenvalue weighted by molar-refractivity contribution is -0.131. The van der Waals surface area contributed by atoms with E-state index in [4.69, 9.17) is 5.26 Å². The van der Waals surface area contributed by atoms with Gasteiger partial charge in [-0.1, -0.05) is 19.9 Å². The number of nitriles is 1. The first-order chi connectivity index (χ1) is 17.8. The molecule has 2 aliphatic heterocycles. The molecular weight excluding hydrogens is 474 g/mol. The van der Waals surface area contributed by atoms with Crippen molar-refractivity contribution in [2.24, 2.45) is 5.92 Å². The van der Waals surface area contributed by atoms with Crippen molar-refractivity contribution in [2.45, 2.75) is 39.2 Å². The Balaban J connectivity index is 1.51. The molecule has 1 atom stereocenters. The molecule has 0 radical (unpaired) electrons. The van der Waals surface area contributed by atoms with Crippen LogP contribution in [0.1, 0.15) is 43.5 Å². The van der Waals surface area contributed by atoms with Gasteiger partial charge in [0.2, 0.25) is 11.8 Å². The molecule has 0 bridgehead atoms. The third kappa shape index (κ3) is 8.46. The summed E-state index contributed by atoms with van der Waals surface area (Å²) in [6.45, 7) is 8.09. The fourth-order valence-corrected chi connectivity index (χ4v) is 4.50. The van der Waals surface area contributed by atoms with Gasteiger partial charge in [0.1, 0.15) is 12.6 Å². The Kier molecular flexibility index (Phi) is 10.3. The molecule has 2 heterocycles. The zero-order valence-corrected chi connectivity index (χ0v) is 21.7. The van der Waals surface area contributed by atoms with Crippen LogP contribution >= 0.6 is 0 Å². The van der Waals surface area contributed by atoms with Gasteiger partial charge in [-0.15, -0.1) is 0 Å². The second-order valence-electron chi connectivity index (χ2n) is 9.89. The fraction of sp³-hybridized carbons (Fsp3) is 0.577. The number of nitrogens with zero attached hydrogens (tertiary/aromatic N) is 4. The Labute approximate surface area is 218 Å². The molecule has 3 N–H and O–H groups in total. The summed E-state index contributed by atoms with van der Waals surface area (Å²) in [7, 11) is 0. The first-order valence-corrected chi connectivity index (χ1v) is 12.9. The van der Waals surface area contributed by atoms with E-state index in [0.717, 1.165) is 25.9 Å². The van der Waals surface area contributed by atoms with Gasteiger partial charge in [0.15, 0.2) is 0 Å². The zero-order valence-electron chi connectivity index (χ0n) is 21.7. The van der Waals surface area contributed by atoms with Gasteiger partial charge in [-0.05, 0) is 43.4 Å². The largest absolute Gasteiger partial charge is 0.342 e. The molecular formula is C26H37N7O4. The molecule has 2 saturated heterocycles. The molecule has 2 fully saturated rings. The number of carbonyl (C=O) groups excluding carboxylic acids is 4. The van der Waals surface area contributed by atoms with Crippen molar-refractivity contribution in [1.29, 1.82) is 5.26 Å². The third-order valence-electron chi connectivity index (χ3n) is 6.52. The lowest BCUT2D eigenvalue weighted by Gasteiger charge is -2.35. The van der Waals surface area contributed by atoms with Gasteiger partial charge < -0.3 is 25.8 Å². The second-order valence-corrected chi connectivity index (χ2v) is 9.89. The Morgan fingerprint density at radius 1 is 1.00 bits per heavy atom. The van der Waals surface area contributed by atoms with Gasteiger partial charge in [-0.3, -0.25) is 19.3 Å². The predicted molar refractivity (Wildman–Crippen MR) is 139 cm³/mol. The van der Waals surface area contributed by atoms with E-state index >= 15 is 0 Å². The summed E-state index contributed by atoms with van der Waals surface area (Å²) in [6.07, 6.45) is 2.56. The Morgan fingerprint density at radius 3 is 2.35 bits per heavy atom. The number of benzene rings is 1. The van der Waals surface area contributed by atoms with E-state index in [2.05, 4.69) is 20.9 Å². The summed E-state index contributed by atoms with van der Waals surface area (Å²) >= 11 is 0. The van der Waals surface area contributed by atoms with Crippen LogP contribution in [0.15, 0.2) is 24.3 Å². The third-order valence-corrected chi connectivity index (χ3v) is 6.52. The van der Waals surface area contributed by atoms with Crippen LogP contribution < -0.4 is 16.0 Å². The van der Waals surface area contributed by atoms with Crippen LogP contribution in [0.5, 0.6) is 0 Å². The topological polar surface area (TPSA) is 138 Å². The number of urea groups is 1. The van der Waals surface area contributed by atoms with Crippen LogP contribution in [0.4, 0.5) is 10.5 Å². The average molecular weight is 512 g/mol. The van der Waals surface area contributed by atoms with Gasteiger partial charge in [0.05, 0.1) is 12.6 Å². The van der Waals surface area contributed by atoms with E-state index in [1.54, 1.807) is 29.2 Å². The molecule has 2 aliphatic rings. The van der Waals surface area contributed by atoms with Crippen molar-refractivity contribution < 1.29 is 19.2 Å². The molecule has 11 nitrogen and oxygen atoms in total. The Hall–Kier alpha value is -3.65. The van der Waals surface area contributed by atoms with Crippen LogP contribution in [0.2, 0.25) is 0 Å². The summed E-state index contributed by atoms with van der Waals surface area (Å²) in [5.41, 5.74) is 0.781. The molecule has 0 aliphatic carbocycles. The van der Waals surface area contributed by atoms with Crippen molar-refractivity contribution in [1.82, 2.24) is 25.3 Å². The average Bonchev–Trinajstić information content (AvgIpc) is 3.42. The quantitative estimate of drug-likeness (QED) is 0.427. The number of hydrogen-bond acceptors (Lipinski definition) is 6. The Bertz CT molecular complexity index is 1010. The van der Waals surface area contributed by atoms with E-state index in [1.165, 1.54) is 0 Å². The molecule has 1 aromatic carbocycles. The zero-order chi connectivity index (χ0) is 26.8. The molecule has 5 amide bonds. The van der Waals surface area contributed by atoms with Crippen LogP contribution in [-0.2, 0) is 9.59 Å². The summed E-state index contributed by atoms with van der Waals surface area (Å²) < 4.78 is 0. The van der Waals surface area contributed by atoms with E-state index in [9.17, 15) is 19.2 Å². The van der Waals surface area contributed by atoms with E-state index in [0.29, 0.717) is 50.4 Å². The van der Waals surface area contributed by atoms with Crippen molar-refractivity contribution >= 4 is 29.4 Å². The maximum absolute atomic E-state index is 12.9. The molecule has 11 heteroatoms. The lowest BCUT2D eigenvalue weighted by atomic mass is 10.0. The number of anilines is 1. The molecule has 0 aromatic heterocycles. The maximum Gasteiger partial charge on any atom is 0.321 e. The normalized spacial score (nSPS) is 16.7. The first kappa shape index (κ1) is 27.9. The summed E-state index contributed by atoms with van der Waals surface area (Å²) in [5.74, 6) is -0.536. The van der Waals surface area contributed by atoms with E-state index in [-0.39, 0.29) is 24.4 Å².